The van der Waals surface area contributed by atoms with Gasteiger partial charge >= 0.3 is 6.09 Å². The lowest BCUT2D eigenvalue weighted by Crippen LogP contribution is -2.35. The Morgan fingerprint density at radius 2 is 2.09 bits per heavy atom. The van der Waals surface area contributed by atoms with Gasteiger partial charge in [0.25, 0.3) is 0 Å². The first-order valence-electron chi connectivity index (χ1n) is 11.2. The van der Waals surface area contributed by atoms with Crippen LogP contribution in [0.4, 0.5) is 16.4 Å². The first kappa shape index (κ1) is 23.3. The molecule has 35 heavy (non-hydrogen) atoms. The number of aliphatic hydroxyl groups excluding tert-OH is 2. The zero-order valence-electron chi connectivity index (χ0n) is 18.9. The van der Waals surface area contributed by atoms with Crippen molar-refractivity contribution in [3.63, 3.8) is 0 Å². The predicted molar refractivity (Wildman–Crippen MR) is 132 cm³/mol. The summed E-state index contributed by atoms with van der Waals surface area (Å²) >= 11 is 6.13. The van der Waals surface area contributed by atoms with Crippen molar-refractivity contribution in [1.29, 1.82) is 0 Å². The summed E-state index contributed by atoms with van der Waals surface area (Å²) in [6.45, 7) is 1.98. The molecule has 0 radical (unpaired) electrons. The molecular weight excluding hydrogens is 472 g/mol. The molecule has 3 heterocycles. The summed E-state index contributed by atoms with van der Waals surface area (Å²) in [4.78, 5) is 23.7. The second kappa shape index (κ2) is 8.63. The topological polar surface area (TPSA) is 159 Å². The number of nitrogens with two attached hydrogens (primary N) is 1. The Labute approximate surface area is 205 Å². The molecule has 0 saturated heterocycles. The molecular formula is C24H25ClN6O4. The summed E-state index contributed by atoms with van der Waals surface area (Å²) in [5, 5.41) is 34.9. The van der Waals surface area contributed by atoms with Gasteiger partial charge in [-0.1, -0.05) is 30.7 Å². The Kier molecular flexibility index (Phi) is 5.74. The number of pyridine rings is 1. The van der Waals surface area contributed by atoms with E-state index in [1.807, 2.05) is 42.0 Å². The van der Waals surface area contributed by atoms with E-state index < -0.39 is 23.7 Å². The van der Waals surface area contributed by atoms with Crippen LogP contribution in [-0.4, -0.2) is 53.1 Å². The van der Waals surface area contributed by atoms with Crippen molar-refractivity contribution in [2.24, 2.45) is 5.41 Å². The van der Waals surface area contributed by atoms with Gasteiger partial charge in [-0.2, -0.15) is 0 Å². The molecule has 0 aliphatic heterocycles. The number of carbonyl (C=O) groups is 1. The molecule has 3 aromatic heterocycles. The molecule has 1 fully saturated rings. The molecule has 6 N–H and O–H groups in total. The third-order valence-corrected chi connectivity index (χ3v) is 7.34. The molecule has 4 aromatic rings. The van der Waals surface area contributed by atoms with Crippen molar-refractivity contribution in [3.8, 4) is 0 Å². The molecule has 4 atom stereocenters. The van der Waals surface area contributed by atoms with Crippen LogP contribution in [0.1, 0.15) is 31.4 Å². The molecule has 1 saturated carbocycles. The van der Waals surface area contributed by atoms with Crippen LogP contribution in [0.5, 0.6) is 0 Å². The fourth-order valence-electron chi connectivity index (χ4n) is 5.07. The molecule has 1 amide bonds. The van der Waals surface area contributed by atoms with E-state index in [0.29, 0.717) is 41.6 Å². The maximum atomic E-state index is 11.0. The van der Waals surface area contributed by atoms with E-state index in [0.717, 1.165) is 10.9 Å². The standard InChI is InChI=1S/C24H25ClN6O4/c1-24(6-4-12-2-3-13-9-15(25)21(30-23(34)35)29-16(13)8-12)10-17(18(32)19(24)33)31-7-5-14-20(26)27-11-28-22(14)31/h2-3,5,7-9,11,17-19,32-33H,4,6,10H2,1H3,(H,29,30)(H,34,35)(H2,26,27,28)/t17-,18+,19+,24+/m1/s1. The summed E-state index contributed by atoms with van der Waals surface area (Å²) < 4.78 is 1.87. The van der Waals surface area contributed by atoms with Crippen molar-refractivity contribution in [3.05, 3.63) is 53.4 Å². The van der Waals surface area contributed by atoms with Gasteiger partial charge in [-0.05, 0) is 48.4 Å². The normalized spacial score (nSPS) is 24.3. The smallest absolute Gasteiger partial charge is 0.410 e. The first-order chi connectivity index (χ1) is 16.7. The number of fused-ring (bicyclic) bond motifs is 2. The molecule has 1 aromatic carbocycles. The van der Waals surface area contributed by atoms with Crippen molar-refractivity contribution >= 4 is 51.3 Å². The van der Waals surface area contributed by atoms with Crippen LogP contribution in [0.2, 0.25) is 5.02 Å². The second-order valence-corrected chi connectivity index (χ2v) is 9.76. The number of amides is 1. The molecule has 182 valence electrons. The van der Waals surface area contributed by atoms with Gasteiger partial charge in [0.2, 0.25) is 0 Å². The largest absolute Gasteiger partial charge is 0.465 e. The summed E-state index contributed by atoms with van der Waals surface area (Å²) in [5.41, 5.74) is 7.63. The number of nitrogen functional groups attached to an aromatic ring is 1. The lowest BCUT2D eigenvalue weighted by molar-refractivity contribution is -0.0241. The van der Waals surface area contributed by atoms with E-state index in [-0.39, 0.29) is 16.9 Å². The number of rotatable bonds is 5. The zero-order chi connectivity index (χ0) is 24.9. The second-order valence-electron chi connectivity index (χ2n) is 9.36. The van der Waals surface area contributed by atoms with Gasteiger partial charge in [0.15, 0.2) is 5.82 Å². The number of halogens is 1. The highest BCUT2D eigenvalue weighted by atomic mass is 35.5. The number of carboxylic acid groups (broad SMARTS) is 1. The van der Waals surface area contributed by atoms with Crippen molar-refractivity contribution in [2.45, 2.75) is 44.4 Å². The van der Waals surface area contributed by atoms with Crippen LogP contribution in [0, 0.1) is 5.41 Å². The zero-order valence-corrected chi connectivity index (χ0v) is 19.6. The number of anilines is 2. The highest BCUT2D eigenvalue weighted by Crippen LogP contribution is 2.48. The highest BCUT2D eigenvalue weighted by Gasteiger charge is 2.50. The Hall–Kier alpha value is -3.47. The van der Waals surface area contributed by atoms with Gasteiger partial charge in [-0.25, -0.2) is 19.7 Å². The Morgan fingerprint density at radius 1 is 1.29 bits per heavy atom. The highest BCUT2D eigenvalue weighted by molar-refractivity contribution is 6.34. The van der Waals surface area contributed by atoms with Gasteiger partial charge in [0, 0.05) is 11.6 Å². The molecule has 1 aliphatic rings. The molecule has 0 bridgehead atoms. The number of aliphatic hydroxyl groups is 2. The van der Waals surface area contributed by atoms with E-state index in [9.17, 15) is 15.0 Å². The third-order valence-electron chi connectivity index (χ3n) is 7.05. The minimum absolute atomic E-state index is 0.0800. The number of hydrogen-bond donors (Lipinski definition) is 5. The number of nitrogens with zero attached hydrogens (tertiary/aromatic N) is 4. The summed E-state index contributed by atoms with van der Waals surface area (Å²) in [6.07, 6.45) is 1.90. The quantitative estimate of drug-likeness (QED) is 0.280. The first-order valence-corrected chi connectivity index (χ1v) is 11.6. The van der Waals surface area contributed by atoms with Crippen LogP contribution in [0.25, 0.3) is 21.9 Å². The SMILES string of the molecule is C[C@]1(CCc2ccc3cc(Cl)c(NC(=O)O)nc3c2)C[C@@H](n2ccc3c(N)ncnc32)[C@H](O)[C@@H]1O. The minimum Gasteiger partial charge on any atom is -0.465 e. The van der Waals surface area contributed by atoms with E-state index in [1.165, 1.54) is 6.33 Å². The Morgan fingerprint density at radius 3 is 2.86 bits per heavy atom. The van der Waals surface area contributed by atoms with Gasteiger partial charge in [-0.3, -0.25) is 5.32 Å². The maximum absolute atomic E-state index is 11.0. The van der Waals surface area contributed by atoms with E-state index >= 15 is 0 Å². The summed E-state index contributed by atoms with van der Waals surface area (Å²) in [6, 6.07) is 8.86. The molecule has 0 spiro atoms. The van der Waals surface area contributed by atoms with Crippen LogP contribution in [-0.2, 0) is 6.42 Å². The van der Waals surface area contributed by atoms with E-state index in [4.69, 9.17) is 22.4 Å². The van der Waals surface area contributed by atoms with Crippen LogP contribution >= 0.6 is 11.6 Å². The fourth-order valence-corrected chi connectivity index (χ4v) is 5.28. The van der Waals surface area contributed by atoms with Gasteiger partial charge in [0.05, 0.1) is 28.1 Å². The lowest BCUT2D eigenvalue weighted by Gasteiger charge is -2.28. The number of benzene rings is 1. The van der Waals surface area contributed by atoms with Crippen LogP contribution in [0.15, 0.2) is 42.9 Å². The maximum Gasteiger partial charge on any atom is 0.410 e. The average molecular weight is 497 g/mol. The average Bonchev–Trinajstić information content (AvgIpc) is 3.34. The van der Waals surface area contributed by atoms with Crippen LogP contribution < -0.4 is 11.1 Å². The van der Waals surface area contributed by atoms with E-state index in [2.05, 4.69) is 20.3 Å². The van der Waals surface area contributed by atoms with Gasteiger partial charge in [0.1, 0.15) is 23.9 Å². The monoisotopic (exact) mass is 496 g/mol. The molecule has 1 aliphatic carbocycles. The third kappa shape index (κ3) is 4.13. The summed E-state index contributed by atoms with van der Waals surface area (Å²) in [7, 11) is 0. The molecule has 10 nitrogen and oxygen atoms in total. The van der Waals surface area contributed by atoms with Crippen molar-refractivity contribution in [2.75, 3.05) is 11.1 Å². The minimum atomic E-state index is -1.24. The van der Waals surface area contributed by atoms with Gasteiger partial charge in [-0.15, -0.1) is 0 Å². The van der Waals surface area contributed by atoms with Crippen molar-refractivity contribution < 1.29 is 20.1 Å². The Bertz CT molecular complexity index is 1440. The molecule has 11 heteroatoms. The fraction of sp³-hybridized carbons (Fsp3) is 0.333. The molecule has 0 unspecified atom stereocenters. The number of aromatic nitrogens is 4. The number of nitrogens with one attached hydrogen (secondary N) is 1. The number of aryl methyl sites for hydroxylation is 1. The van der Waals surface area contributed by atoms with E-state index in [1.54, 1.807) is 6.07 Å². The van der Waals surface area contributed by atoms with Crippen LogP contribution in [0.3, 0.4) is 0 Å². The molecule has 5 rings (SSSR count). The number of hydrogen-bond acceptors (Lipinski definition) is 7. The Balaban J connectivity index is 1.37. The van der Waals surface area contributed by atoms with Gasteiger partial charge < -0.3 is 25.6 Å². The lowest BCUT2D eigenvalue weighted by atomic mass is 9.80. The summed E-state index contributed by atoms with van der Waals surface area (Å²) in [5.74, 6) is 0.453. The van der Waals surface area contributed by atoms with Crippen molar-refractivity contribution in [1.82, 2.24) is 19.5 Å². The predicted octanol–water partition coefficient (Wildman–Crippen LogP) is 3.61.